The lowest BCUT2D eigenvalue weighted by Gasteiger charge is -2.19. The number of carbonyl (C=O) groups excluding carboxylic acids is 1. The summed E-state index contributed by atoms with van der Waals surface area (Å²) in [4.78, 5) is 11.5. The second-order valence-electron chi connectivity index (χ2n) is 5.24. The lowest BCUT2D eigenvalue weighted by molar-refractivity contribution is -0.131. The summed E-state index contributed by atoms with van der Waals surface area (Å²) >= 11 is 5.96. The van der Waals surface area contributed by atoms with Crippen LogP contribution < -0.4 is 5.32 Å². The van der Waals surface area contributed by atoms with Gasteiger partial charge in [-0.05, 0) is 26.8 Å². The third-order valence-corrected chi connectivity index (χ3v) is 2.74. The lowest BCUT2D eigenvalue weighted by Crippen LogP contribution is -2.34. The molecule has 5 heteroatoms. The quantitative estimate of drug-likeness (QED) is 0.873. The van der Waals surface area contributed by atoms with Gasteiger partial charge in [-0.25, -0.2) is 0 Å². The Morgan fingerprint density at radius 3 is 2.63 bits per heavy atom. The summed E-state index contributed by atoms with van der Waals surface area (Å²) in [5.74, 6) is -0.263. The SMILES string of the molecule is CC(C)(C)OCC(=O)NCC(O)c1ccccc1Cl. The Morgan fingerprint density at radius 2 is 2.05 bits per heavy atom. The Kier molecular flexibility index (Phi) is 5.79. The van der Waals surface area contributed by atoms with E-state index in [1.165, 1.54) is 0 Å². The number of rotatable bonds is 5. The van der Waals surface area contributed by atoms with Crippen molar-refractivity contribution in [2.75, 3.05) is 13.2 Å². The summed E-state index contributed by atoms with van der Waals surface area (Å²) in [7, 11) is 0. The van der Waals surface area contributed by atoms with Crippen molar-refractivity contribution in [2.45, 2.75) is 32.5 Å². The zero-order valence-corrected chi connectivity index (χ0v) is 12.2. The first-order valence-corrected chi connectivity index (χ1v) is 6.50. The number of halogens is 1. The van der Waals surface area contributed by atoms with Gasteiger partial charge in [-0.2, -0.15) is 0 Å². The molecule has 0 radical (unpaired) electrons. The average Bonchev–Trinajstić information content (AvgIpc) is 2.33. The number of amides is 1. The van der Waals surface area contributed by atoms with Gasteiger partial charge in [0.05, 0.1) is 11.7 Å². The van der Waals surface area contributed by atoms with Crippen molar-refractivity contribution in [1.82, 2.24) is 5.32 Å². The van der Waals surface area contributed by atoms with Gasteiger partial charge in [0.15, 0.2) is 0 Å². The van der Waals surface area contributed by atoms with Crippen LogP contribution in [0.25, 0.3) is 0 Å². The van der Waals surface area contributed by atoms with E-state index < -0.39 is 6.10 Å². The Balaban J connectivity index is 2.40. The molecule has 4 nitrogen and oxygen atoms in total. The van der Waals surface area contributed by atoms with Crippen LogP contribution in [0.1, 0.15) is 32.4 Å². The maximum Gasteiger partial charge on any atom is 0.246 e. The molecule has 0 aliphatic carbocycles. The van der Waals surface area contributed by atoms with E-state index in [-0.39, 0.29) is 24.7 Å². The molecule has 0 saturated carbocycles. The fraction of sp³-hybridized carbons (Fsp3) is 0.500. The molecule has 1 aromatic carbocycles. The smallest absolute Gasteiger partial charge is 0.246 e. The van der Waals surface area contributed by atoms with Crippen LogP contribution in [-0.4, -0.2) is 29.8 Å². The van der Waals surface area contributed by atoms with Crippen molar-refractivity contribution >= 4 is 17.5 Å². The van der Waals surface area contributed by atoms with Crippen molar-refractivity contribution in [1.29, 1.82) is 0 Å². The number of hydrogen-bond donors (Lipinski definition) is 2. The number of aliphatic hydroxyl groups is 1. The molecule has 0 spiro atoms. The first kappa shape index (κ1) is 16.0. The van der Waals surface area contributed by atoms with Gasteiger partial charge < -0.3 is 15.2 Å². The van der Waals surface area contributed by atoms with Gasteiger partial charge in [0.2, 0.25) is 5.91 Å². The van der Waals surface area contributed by atoms with Crippen LogP contribution in [0.3, 0.4) is 0 Å². The van der Waals surface area contributed by atoms with Gasteiger partial charge in [0, 0.05) is 17.1 Å². The number of hydrogen-bond acceptors (Lipinski definition) is 3. The summed E-state index contributed by atoms with van der Waals surface area (Å²) in [5, 5.41) is 13.0. The molecule has 0 bridgehead atoms. The average molecular weight is 286 g/mol. The highest BCUT2D eigenvalue weighted by Gasteiger charge is 2.15. The molecule has 1 atom stereocenters. The van der Waals surface area contributed by atoms with Crippen molar-refractivity contribution < 1.29 is 14.6 Å². The van der Waals surface area contributed by atoms with Crippen molar-refractivity contribution in [3.63, 3.8) is 0 Å². The summed E-state index contributed by atoms with van der Waals surface area (Å²) < 4.78 is 5.33. The van der Waals surface area contributed by atoms with Crippen LogP contribution in [0.15, 0.2) is 24.3 Å². The first-order valence-electron chi connectivity index (χ1n) is 6.13. The molecule has 0 aliphatic rings. The van der Waals surface area contributed by atoms with Crippen LogP contribution in [0.2, 0.25) is 5.02 Å². The molecule has 0 saturated heterocycles. The highest BCUT2D eigenvalue weighted by atomic mass is 35.5. The van der Waals surface area contributed by atoms with Crippen LogP contribution in [0.5, 0.6) is 0 Å². The molecule has 1 aromatic rings. The molecular weight excluding hydrogens is 266 g/mol. The van der Waals surface area contributed by atoms with E-state index in [9.17, 15) is 9.90 Å². The van der Waals surface area contributed by atoms with Crippen molar-refractivity contribution in [2.24, 2.45) is 0 Å². The van der Waals surface area contributed by atoms with Gasteiger partial charge in [-0.3, -0.25) is 4.79 Å². The Labute approximate surface area is 118 Å². The van der Waals surface area contributed by atoms with Crippen molar-refractivity contribution in [3.05, 3.63) is 34.9 Å². The number of ether oxygens (including phenoxy) is 1. The molecule has 1 unspecified atom stereocenters. The predicted molar refractivity (Wildman–Crippen MR) is 75.1 cm³/mol. The number of nitrogens with one attached hydrogen (secondary N) is 1. The normalized spacial score (nSPS) is 13.1. The van der Waals surface area contributed by atoms with Gasteiger partial charge in [0.25, 0.3) is 0 Å². The predicted octanol–water partition coefficient (Wildman–Crippen LogP) is 2.30. The minimum absolute atomic E-state index is 0.0290. The monoisotopic (exact) mass is 285 g/mol. The van der Waals surface area contributed by atoms with Crippen LogP contribution in [-0.2, 0) is 9.53 Å². The highest BCUT2D eigenvalue weighted by molar-refractivity contribution is 6.31. The molecule has 0 heterocycles. The molecule has 0 aromatic heterocycles. The molecular formula is C14H20ClNO3. The topological polar surface area (TPSA) is 58.6 Å². The number of aliphatic hydroxyl groups excluding tert-OH is 1. The number of carbonyl (C=O) groups is 1. The Bertz CT molecular complexity index is 429. The van der Waals surface area contributed by atoms with Crippen LogP contribution in [0, 0.1) is 0 Å². The standard InChI is InChI=1S/C14H20ClNO3/c1-14(2,3)19-9-13(18)16-8-12(17)10-6-4-5-7-11(10)15/h4-7,12,17H,8-9H2,1-3H3,(H,16,18). The third-order valence-electron chi connectivity index (χ3n) is 2.39. The summed E-state index contributed by atoms with van der Waals surface area (Å²) in [6.45, 7) is 5.70. The zero-order chi connectivity index (χ0) is 14.5. The fourth-order valence-electron chi connectivity index (χ4n) is 1.40. The first-order chi connectivity index (χ1) is 8.79. The maximum absolute atomic E-state index is 11.5. The van der Waals surface area contributed by atoms with Crippen molar-refractivity contribution in [3.8, 4) is 0 Å². The molecule has 1 rings (SSSR count). The highest BCUT2D eigenvalue weighted by Crippen LogP contribution is 2.21. The lowest BCUT2D eigenvalue weighted by atomic mass is 10.1. The summed E-state index contributed by atoms with van der Waals surface area (Å²) in [5.41, 5.74) is 0.236. The molecule has 1 amide bonds. The molecule has 0 aliphatic heterocycles. The zero-order valence-electron chi connectivity index (χ0n) is 11.4. The summed E-state index contributed by atoms with van der Waals surface area (Å²) in [6, 6.07) is 7.00. The van der Waals surface area contributed by atoms with Gasteiger partial charge in [0.1, 0.15) is 6.61 Å². The van der Waals surface area contributed by atoms with E-state index >= 15 is 0 Å². The summed E-state index contributed by atoms with van der Waals surface area (Å²) in [6.07, 6.45) is -0.827. The van der Waals surface area contributed by atoms with E-state index in [0.29, 0.717) is 10.6 Å². The maximum atomic E-state index is 11.5. The van der Waals surface area contributed by atoms with E-state index in [2.05, 4.69) is 5.32 Å². The second kappa shape index (κ2) is 6.89. The van der Waals surface area contributed by atoms with Crippen LogP contribution >= 0.6 is 11.6 Å². The van der Waals surface area contributed by atoms with E-state index in [1.54, 1.807) is 24.3 Å². The van der Waals surface area contributed by atoms with E-state index in [4.69, 9.17) is 16.3 Å². The molecule has 0 fully saturated rings. The largest absolute Gasteiger partial charge is 0.387 e. The minimum Gasteiger partial charge on any atom is -0.387 e. The van der Waals surface area contributed by atoms with E-state index in [0.717, 1.165) is 0 Å². The Morgan fingerprint density at radius 1 is 1.42 bits per heavy atom. The fourth-order valence-corrected chi connectivity index (χ4v) is 1.66. The van der Waals surface area contributed by atoms with E-state index in [1.807, 2.05) is 20.8 Å². The van der Waals surface area contributed by atoms with Crippen LogP contribution in [0.4, 0.5) is 0 Å². The second-order valence-corrected chi connectivity index (χ2v) is 5.65. The third kappa shape index (κ3) is 6.05. The molecule has 2 N–H and O–H groups in total. The van der Waals surface area contributed by atoms with Gasteiger partial charge >= 0.3 is 0 Å². The molecule has 19 heavy (non-hydrogen) atoms. The van der Waals surface area contributed by atoms with Gasteiger partial charge in [-0.1, -0.05) is 29.8 Å². The molecule has 106 valence electrons. The minimum atomic E-state index is -0.827. The number of benzene rings is 1. The Hall–Kier alpha value is -1.10. The van der Waals surface area contributed by atoms with Gasteiger partial charge in [-0.15, -0.1) is 0 Å².